The van der Waals surface area contributed by atoms with Crippen LogP contribution in [0.25, 0.3) is 77.2 Å². The monoisotopic (exact) mass is 856 g/mol. The van der Waals surface area contributed by atoms with Crippen LogP contribution in [0.2, 0.25) is 0 Å². The molecule has 0 spiro atoms. The third-order valence-electron chi connectivity index (χ3n) is 12.9. The number of hydrogen-bond donors (Lipinski definition) is 0. The minimum Gasteiger partial charge on any atom is -0.453 e. The molecule has 0 saturated heterocycles. The number of furan rings is 1. The molecule has 0 saturated carbocycles. The summed E-state index contributed by atoms with van der Waals surface area (Å²) in [5.74, 6) is 0. The van der Waals surface area contributed by atoms with Gasteiger partial charge >= 0.3 is 0 Å². The Labute approximate surface area is 390 Å². The minimum absolute atomic E-state index is 0.796. The van der Waals surface area contributed by atoms with Crippen molar-refractivity contribution >= 4 is 66.8 Å². The van der Waals surface area contributed by atoms with Gasteiger partial charge in [-0.25, -0.2) is 0 Å². The highest BCUT2D eigenvalue weighted by atomic mass is 16.3. The van der Waals surface area contributed by atoms with Gasteiger partial charge in [-0.2, -0.15) is 0 Å². The fourth-order valence-corrected chi connectivity index (χ4v) is 9.63. The minimum atomic E-state index is 0.796. The number of nitrogens with zero attached hydrogens (tertiary/aromatic N) is 2. The van der Waals surface area contributed by atoms with Gasteiger partial charge in [-0.15, -0.1) is 0 Å². The second-order valence-corrected chi connectivity index (χ2v) is 16.9. The number of para-hydroxylation sites is 1. The molecule has 1 heterocycles. The van der Waals surface area contributed by atoms with Crippen LogP contribution in [0.3, 0.4) is 0 Å². The highest BCUT2D eigenvalue weighted by Gasteiger charge is 2.27. The van der Waals surface area contributed by atoms with E-state index in [9.17, 15) is 0 Å². The maximum Gasteiger partial charge on any atom is 0.161 e. The van der Waals surface area contributed by atoms with Gasteiger partial charge in [-0.05, 0) is 105 Å². The molecule has 0 aliphatic carbocycles. The summed E-state index contributed by atoms with van der Waals surface area (Å²) in [6.45, 7) is 0. The maximum absolute atomic E-state index is 7.41. The highest BCUT2D eigenvalue weighted by Crippen LogP contribution is 2.51. The molecular formula is C64H44N2O. The summed E-state index contributed by atoms with van der Waals surface area (Å²) in [5.41, 5.74) is 17.0. The Kier molecular flexibility index (Phi) is 10.2. The zero-order valence-corrected chi connectivity index (χ0v) is 36.7. The zero-order valence-electron chi connectivity index (χ0n) is 36.7. The van der Waals surface area contributed by atoms with E-state index in [-0.39, 0.29) is 0 Å². The van der Waals surface area contributed by atoms with Crippen molar-refractivity contribution in [2.45, 2.75) is 0 Å². The third kappa shape index (κ3) is 7.39. The molecule has 316 valence electrons. The molecule has 3 heteroatoms. The molecule has 11 aromatic carbocycles. The van der Waals surface area contributed by atoms with Crippen LogP contribution in [0.4, 0.5) is 34.1 Å². The Morgan fingerprint density at radius 1 is 0.254 bits per heavy atom. The van der Waals surface area contributed by atoms with Gasteiger partial charge in [0.25, 0.3) is 0 Å². The topological polar surface area (TPSA) is 19.6 Å². The van der Waals surface area contributed by atoms with E-state index < -0.39 is 0 Å². The van der Waals surface area contributed by atoms with Crippen molar-refractivity contribution in [3.8, 4) is 44.5 Å². The summed E-state index contributed by atoms with van der Waals surface area (Å²) in [5, 5.41) is 4.27. The van der Waals surface area contributed by atoms with Gasteiger partial charge in [-0.1, -0.05) is 206 Å². The molecule has 0 amide bonds. The number of benzene rings is 11. The second kappa shape index (κ2) is 17.2. The van der Waals surface area contributed by atoms with Crippen LogP contribution in [0.15, 0.2) is 271 Å². The fourth-order valence-electron chi connectivity index (χ4n) is 9.63. The quantitative estimate of drug-likeness (QED) is 0.137. The van der Waals surface area contributed by atoms with E-state index in [0.717, 1.165) is 100 Å². The van der Waals surface area contributed by atoms with E-state index >= 15 is 0 Å². The van der Waals surface area contributed by atoms with Crippen LogP contribution in [0, 0.1) is 0 Å². The van der Waals surface area contributed by atoms with Crippen molar-refractivity contribution in [3.63, 3.8) is 0 Å². The SMILES string of the molecule is c1ccc(-c2ccc(N(c3cccc(-c4ccccc4)c3)c3ccc(N(c4ccc(-c5ccccc5)cc4)c4ccccc4-c4ccccc4)c4c3oc3c5ccccc5ccc34)cc2)cc1. The Morgan fingerprint density at radius 2 is 0.746 bits per heavy atom. The maximum atomic E-state index is 7.41. The van der Waals surface area contributed by atoms with Crippen molar-refractivity contribution in [2.75, 3.05) is 9.80 Å². The molecule has 0 aliphatic rings. The van der Waals surface area contributed by atoms with Gasteiger partial charge in [-0.3, -0.25) is 0 Å². The van der Waals surface area contributed by atoms with Crippen molar-refractivity contribution in [1.82, 2.24) is 0 Å². The van der Waals surface area contributed by atoms with E-state index in [2.05, 4.69) is 277 Å². The summed E-state index contributed by atoms with van der Waals surface area (Å²) in [4.78, 5) is 4.77. The summed E-state index contributed by atoms with van der Waals surface area (Å²) in [7, 11) is 0. The van der Waals surface area contributed by atoms with E-state index in [1.165, 1.54) is 11.1 Å². The molecule has 0 N–H and O–H groups in total. The number of anilines is 6. The Hall–Kier alpha value is -8.92. The summed E-state index contributed by atoms with van der Waals surface area (Å²) in [6.07, 6.45) is 0. The Bertz CT molecular complexity index is 3660. The van der Waals surface area contributed by atoms with Gasteiger partial charge in [0.05, 0.1) is 22.4 Å². The molecule has 0 atom stereocenters. The first-order valence-electron chi connectivity index (χ1n) is 22.8. The standard InChI is InChI=1S/C64H44N2O/c1-5-18-45(19-6-1)48-32-37-53(38-33-48)65(55-28-17-27-52(44-55)47-22-9-3-10-23-47)61-43-42-60(62-58-41-36-51-26-13-14-30-57(51)63(58)67-64(61)62)66(54-39-34-49(35-40-54)46-20-7-2-8-21-46)59-31-16-15-29-56(59)50-24-11-4-12-25-50/h1-44H. The molecule has 0 unspecified atom stereocenters. The Morgan fingerprint density at radius 3 is 1.39 bits per heavy atom. The van der Waals surface area contributed by atoms with Crippen molar-refractivity contribution in [3.05, 3.63) is 267 Å². The number of rotatable bonds is 10. The van der Waals surface area contributed by atoms with Gasteiger partial charge < -0.3 is 14.2 Å². The van der Waals surface area contributed by atoms with Crippen molar-refractivity contribution < 1.29 is 4.42 Å². The molecule has 12 aromatic rings. The molecule has 0 aliphatic heterocycles. The van der Waals surface area contributed by atoms with Gasteiger partial charge in [0.1, 0.15) is 5.58 Å². The van der Waals surface area contributed by atoms with Crippen LogP contribution in [0.5, 0.6) is 0 Å². The first kappa shape index (κ1) is 39.7. The number of fused-ring (bicyclic) bond motifs is 5. The van der Waals surface area contributed by atoms with Crippen molar-refractivity contribution in [2.24, 2.45) is 0 Å². The fraction of sp³-hybridized carbons (Fsp3) is 0. The lowest BCUT2D eigenvalue weighted by molar-refractivity contribution is 0.673. The molecule has 12 rings (SSSR count). The molecule has 0 fully saturated rings. The predicted octanol–water partition coefficient (Wildman–Crippen LogP) is 18.3. The summed E-state index contributed by atoms with van der Waals surface area (Å²) >= 11 is 0. The van der Waals surface area contributed by atoms with Crippen LogP contribution < -0.4 is 9.80 Å². The third-order valence-corrected chi connectivity index (χ3v) is 12.9. The molecule has 0 radical (unpaired) electrons. The lowest BCUT2D eigenvalue weighted by atomic mass is 9.99. The molecule has 0 bridgehead atoms. The van der Waals surface area contributed by atoms with Gasteiger partial charge in [0, 0.05) is 33.4 Å². The van der Waals surface area contributed by atoms with Gasteiger partial charge in [0.15, 0.2) is 5.58 Å². The lowest BCUT2D eigenvalue weighted by Crippen LogP contribution is -2.13. The highest BCUT2D eigenvalue weighted by molar-refractivity contribution is 6.22. The first-order valence-corrected chi connectivity index (χ1v) is 22.8. The average molecular weight is 857 g/mol. The molecule has 1 aromatic heterocycles. The predicted molar refractivity (Wildman–Crippen MR) is 282 cm³/mol. The summed E-state index contributed by atoms with van der Waals surface area (Å²) in [6, 6.07) is 95.4. The van der Waals surface area contributed by atoms with E-state index in [0.29, 0.717) is 0 Å². The van der Waals surface area contributed by atoms with Crippen LogP contribution >= 0.6 is 0 Å². The average Bonchev–Trinajstić information content (AvgIpc) is 3.82. The molecule has 67 heavy (non-hydrogen) atoms. The first-order chi connectivity index (χ1) is 33.2. The second-order valence-electron chi connectivity index (χ2n) is 16.9. The molecule has 3 nitrogen and oxygen atoms in total. The number of hydrogen-bond acceptors (Lipinski definition) is 3. The lowest BCUT2D eigenvalue weighted by Gasteiger charge is -2.30. The Balaban J connectivity index is 1.14. The van der Waals surface area contributed by atoms with Crippen LogP contribution in [-0.2, 0) is 0 Å². The van der Waals surface area contributed by atoms with E-state index in [4.69, 9.17) is 4.42 Å². The van der Waals surface area contributed by atoms with Crippen molar-refractivity contribution in [1.29, 1.82) is 0 Å². The smallest absolute Gasteiger partial charge is 0.161 e. The molecular weight excluding hydrogens is 813 g/mol. The largest absolute Gasteiger partial charge is 0.453 e. The van der Waals surface area contributed by atoms with E-state index in [1.54, 1.807) is 0 Å². The van der Waals surface area contributed by atoms with Crippen LogP contribution in [0.1, 0.15) is 0 Å². The normalized spacial score (nSPS) is 11.3. The van der Waals surface area contributed by atoms with Crippen LogP contribution in [-0.4, -0.2) is 0 Å². The summed E-state index contributed by atoms with van der Waals surface area (Å²) < 4.78 is 7.41. The van der Waals surface area contributed by atoms with E-state index in [1.807, 2.05) is 0 Å². The zero-order chi connectivity index (χ0) is 44.5. The van der Waals surface area contributed by atoms with Gasteiger partial charge in [0.2, 0.25) is 0 Å².